The first-order valence-corrected chi connectivity index (χ1v) is 11.1. The number of carbonyl (C=O) groups is 1. The number of amides is 1. The van der Waals surface area contributed by atoms with E-state index in [1.165, 1.54) is 16.9 Å². The Labute approximate surface area is 190 Å². The fraction of sp³-hybridized carbons (Fsp3) is 0.0385. The Kier molecular flexibility index (Phi) is 5.35. The van der Waals surface area contributed by atoms with E-state index in [2.05, 4.69) is 29.4 Å². The van der Waals surface area contributed by atoms with E-state index in [-0.39, 0.29) is 5.91 Å². The highest BCUT2D eigenvalue weighted by molar-refractivity contribution is 7.14. The van der Waals surface area contributed by atoms with E-state index in [0.717, 1.165) is 22.5 Å². The Hall–Kier alpha value is -4.03. The quantitative estimate of drug-likeness (QED) is 0.356. The zero-order valence-electron chi connectivity index (χ0n) is 17.4. The predicted octanol–water partition coefficient (Wildman–Crippen LogP) is 6.22. The van der Waals surface area contributed by atoms with Gasteiger partial charge in [0.25, 0.3) is 5.91 Å². The molecule has 0 atom stereocenters. The van der Waals surface area contributed by atoms with Crippen molar-refractivity contribution in [2.45, 2.75) is 6.92 Å². The molecule has 0 aliphatic rings. The van der Waals surface area contributed by atoms with Crippen LogP contribution in [0.2, 0.25) is 0 Å². The second kappa shape index (κ2) is 8.61. The lowest BCUT2D eigenvalue weighted by Crippen LogP contribution is -2.12. The highest BCUT2D eigenvalue weighted by Gasteiger charge is 2.20. The van der Waals surface area contributed by atoms with Gasteiger partial charge in [0.1, 0.15) is 5.69 Å². The first-order chi connectivity index (χ1) is 15.7. The molecule has 1 N–H and O–H groups in total. The number of nitrogens with one attached hydrogen (secondary N) is 1. The molecule has 0 saturated heterocycles. The standard InChI is InChI=1S/C26H20N4OS/c1-18-12-14-19(15-13-18)23-17-32-26(27-23)28-25(31)22-16-30(21-10-6-3-7-11-21)29-24(22)20-8-4-2-5-9-20/h2-17H,1H3,(H,27,28,31). The van der Waals surface area contributed by atoms with Crippen molar-refractivity contribution in [2.75, 3.05) is 5.32 Å². The molecule has 5 nitrogen and oxygen atoms in total. The third kappa shape index (κ3) is 4.08. The number of thiazole rings is 1. The van der Waals surface area contributed by atoms with Gasteiger partial charge in [0.2, 0.25) is 0 Å². The fourth-order valence-electron chi connectivity index (χ4n) is 3.41. The monoisotopic (exact) mass is 436 g/mol. The van der Waals surface area contributed by atoms with Crippen molar-refractivity contribution in [3.05, 3.63) is 108 Å². The number of hydrogen-bond acceptors (Lipinski definition) is 4. The molecule has 5 aromatic rings. The molecule has 0 bridgehead atoms. The van der Waals surface area contributed by atoms with Crippen LogP contribution in [0.5, 0.6) is 0 Å². The Balaban J connectivity index is 1.47. The van der Waals surface area contributed by atoms with Gasteiger partial charge in [-0.3, -0.25) is 10.1 Å². The number of nitrogens with zero attached hydrogens (tertiary/aromatic N) is 3. The van der Waals surface area contributed by atoms with E-state index >= 15 is 0 Å². The summed E-state index contributed by atoms with van der Waals surface area (Å²) >= 11 is 1.41. The molecule has 0 saturated carbocycles. The number of benzene rings is 3. The molecule has 0 fully saturated rings. The third-order valence-electron chi connectivity index (χ3n) is 5.10. The van der Waals surface area contributed by atoms with Gasteiger partial charge in [-0.2, -0.15) is 5.10 Å². The van der Waals surface area contributed by atoms with E-state index in [1.807, 2.05) is 78.2 Å². The summed E-state index contributed by atoms with van der Waals surface area (Å²) < 4.78 is 1.73. The summed E-state index contributed by atoms with van der Waals surface area (Å²) in [7, 11) is 0. The second-order valence-electron chi connectivity index (χ2n) is 7.40. The summed E-state index contributed by atoms with van der Waals surface area (Å²) in [5.41, 5.74) is 5.95. The lowest BCUT2D eigenvalue weighted by atomic mass is 10.1. The summed E-state index contributed by atoms with van der Waals surface area (Å²) in [6, 6.07) is 27.7. The molecule has 156 valence electrons. The van der Waals surface area contributed by atoms with Crippen LogP contribution < -0.4 is 5.32 Å². The van der Waals surface area contributed by atoms with Crippen molar-refractivity contribution in [1.29, 1.82) is 0 Å². The minimum absolute atomic E-state index is 0.240. The normalized spacial score (nSPS) is 10.8. The highest BCUT2D eigenvalue weighted by atomic mass is 32.1. The number of para-hydroxylation sites is 1. The van der Waals surface area contributed by atoms with Crippen molar-refractivity contribution < 1.29 is 4.79 Å². The molecular formula is C26H20N4OS. The van der Waals surface area contributed by atoms with Crippen molar-refractivity contribution >= 4 is 22.4 Å². The summed E-state index contributed by atoms with van der Waals surface area (Å²) in [6.07, 6.45) is 1.77. The number of aryl methyl sites for hydroxylation is 1. The molecule has 0 unspecified atom stereocenters. The lowest BCUT2D eigenvalue weighted by Gasteiger charge is -2.02. The van der Waals surface area contributed by atoms with Crippen molar-refractivity contribution in [3.8, 4) is 28.2 Å². The zero-order chi connectivity index (χ0) is 21.9. The van der Waals surface area contributed by atoms with E-state index in [1.54, 1.807) is 10.9 Å². The summed E-state index contributed by atoms with van der Waals surface area (Å²) in [4.78, 5) is 17.8. The van der Waals surface area contributed by atoms with Crippen LogP contribution in [-0.4, -0.2) is 20.7 Å². The van der Waals surface area contributed by atoms with Gasteiger partial charge in [-0.25, -0.2) is 9.67 Å². The van der Waals surface area contributed by atoms with Gasteiger partial charge in [0, 0.05) is 22.7 Å². The van der Waals surface area contributed by atoms with Crippen LogP contribution in [0.3, 0.4) is 0 Å². The van der Waals surface area contributed by atoms with Gasteiger partial charge >= 0.3 is 0 Å². The van der Waals surface area contributed by atoms with Crippen LogP contribution in [0.15, 0.2) is 96.5 Å². The molecule has 1 amide bonds. The van der Waals surface area contributed by atoms with Crippen LogP contribution in [0, 0.1) is 6.92 Å². The Morgan fingerprint density at radius 1 is 0.875 bits per heavy atom. The van der Waals surface area contributed by atoms with E-state index in [4.69, 9.17) is 5.10 Å². The van der Waals surface area contributed by atoms with Crippen LogP contribution >= 0.6 is 11.3 Å². The van der Waals surface area contributed by atoms with Gasteiger partial charge in [-0.1, -0.05) is 78.4 Å². The predicted molar refractivity (Wildman–Crippen MR) is 129 cm³/mol. The van der Waals surface area contributed by atoms with Gasteiger partial charge < -0.3 is 0 Å². The molecule has 0 radical (unpaired) electrons. The van der Waals surface area contributed by atoms with Crippen molar-refractivity contribution in [2.24, 2.45) is 0 Å². The molecule has 3 aromatic carbocycles. The average molecular weight is 437 g/mol. The molecule has 6 heteroatoms. The van der Waals surface area contributed by atoms with E-state index < -0.39 is 0 Å². The first kappa shape index (κ1) is 19.9. The maximum absolute atomic E-state index is 13.2. The average Bonchev–Trinajstić information content (AvgIpc) is 3.48. The zero-order valence-corrected chi connectivity index (χ0v) is 18.2. The number of anilines is 1. The summed E-state index contributed by atoms with van der Waals surface area (Å²) in [6.45, 7) is 2.05. The topological polar surface area (TPSA) is 59.8 Å². The van der Waals surface area contributed by atoms with Crippen LogP contribution in [0.4, 0.5) is 5.13 Å². The van der Waals surface area contributed by atoms with E-state index in [9.17, 15) is 4.79 Å². The smallest absolute Gasteiger partial charge is 0.261 e. The number of rotatable bonds is 5. The minimum atomic E-state index is -0.240. The van der Waals surface area contributed by atoms with Crippen LogP contribution in [0.25, 0.3) is 28.2 Å². The number of hydrogen-bond donors (Lipinski definition) is 1. The molecule has 0 aliphatic carbocycles. The first-order valence-electron chi connectivity index (χ1n) is 10.2. The molecule has 2 aromatic heterocycles. The number of aromatic nitrogens is 3. The van der Waals surface area contributed by atoms with Crippen LogP contribution in [0.1, 0.15) is 15.9 Å². The molecule has 32 heavy (non-hydrogen) atoms. The maximum atomic E-state index is 13.2. The van der Waals surface area contributed by atoms with Gasteiger partial charge in [-0.05, 0) is 19.1 Å². The molecule has 0 aliphatic heterocycles. The van der Waals surface area contributed by atoms with E-state index in [0.29, 0.717) is 16.4 Å². The van der Waals surface area contributed by atoms with Crippen molar-refractivity contribution in [3.63, 3.8) is 0 Å². The fourth-order valence-corrected chi connectivity index (χ4v) is 4.13. The Morgan fingerprint density at radius 3 is 2.28 bits per heavy atom. The summed E-state index contributed by atoms with van der Waals surface area (Å²) in [5.74, 6) is -0.240. The minimum Gasteiger partial charge on any atom is -0.298 e. The molecule has 0 spiro atoms. The van der Waals surface area contributed by atoms with Crippen molar-refractivity contribution in [1.82, 2.24) is 14.8 Å². The van der Waals surface area contributed by atoms with Gasteiger partial charge in [0.05, 0.1) is 16.9 Å². The molecular weight excluding hydrogens is 416 g/mol. The van der Waals surface area contributed by atoms with Gasteiger partial charge in [0.15, 0.2) is 5.13 Å². The third-order valence-corrected chi connectivity index (χ3v) is 5.86. The highest BCUT2D eigenvalue weighted by Crippen LogP contribution is 2.28. The lowest BCUT2D eigenvalue weighted by molar-refractivity contribution is 0.102. The number of carbonyl (C=O) groups excluding carboxylic acids is 1. The summed E-state index contributed by atoms with van der Waals surface area (Å²) in [5, 5.41) is 10.2. The second-order valence-corrected chi connectivity index (χ2v) is 8.25. The molecule has 5 rings (SSSR count). The van der Waals surface area contributed by atoms with Gasteiger partial charge in [-0.15, -0.1) is 11.3 Å². The SMILES string of the molecule is Cc1ccc(-c2csc(NC(=O)c3cn(-c4ccccc4)nc3-c3ccccc3)n2)cc1. The molecule has 2 heterocycles. The largest absolute Gasteiger partial charge is 0.298 e. The van der Waals surface area contributed by atoms with Crippen LogP contribution in [-0.2, 0) is 0 Å². The Morgan fingerprint density at radius 2 is 1.56 bits per heavy atom. The Bertz CT molecular complexity index is 1360. The maximum Gasteiger partial charge on any atom is 0.261 e.